The van der Waals surface area contributed by atoms with Crippen molar-refractivity contribution in [2.24, 2.45) is 4.99 Å². The molecule has 1 aromatic heterocycles. The minimum absolute atomic E-state index is 0.204. The maximum atomic E-state index is 12.9. The highest BCUT2D eigenvalue weighted by Crippen LogP contribution is 2.23. The van der Waals surface area contributed by atoms with Gasteiger partial charge in [0.25, 0.3) is 0 Å². The van der Waals surface area contributed by atoms with Crippen LogP contribution in [0.3, 0.4) is 0 Å². The van der Waals surface area contributed by atoms with Crippen molar-refractivity contribution < 1.29 is 13.9 Å². The molecular weight excluding hydrogens is 277 g/mol. The topological polar surface area (TPSA) is 38.7 Å². The van der Waals surface area contributed by atoms with E-state index in [0.29, 0.717) is 5.56 Å². The molecule has 0 aliphatic carbocycles. The first-order chi connectivity index (χ1) is 9.63. The Morgan fingerprint density at radius 2 is 2.00 bits per heavy atom. The van der Waals surface area contributed by atoms with Crippen LogP contribution in [0.2, 0.25) is 0 Å². The molecule has 2 heterocycles. The first kappa shape index (κ1) is 12.7. The second-order valence-electron chi connectivity index (χ2n) is 4.31. The summed E-state index contributed by atoms with van der Waals surface area (Å²) < 4.78 is 18.0. The number of halogens is 1. The number of thiophene rings is 1. The van der Waals surface area contributed by atoms with Gasteiger partial charge in [0.1, 0.15) is 5.82 Å². The Balaban J connectivity index is 1.95. The predicted molar refractivity (Wildman–Crippen MR) is 76.1 cm³/mol. The Kier molecular flexibility index (Phi) is 3.20. The van der Waals surface area contributed by atoms with Crippen LogP contribution in [0.25, 0.3) is 6.08 Å². The van der Waals surface area contributed by atoms with Gasteiger partial charge in [0.05, 0.1) is 0 Å². The Labute approximate surface area is 119 Å². The minimum atomic E-state index is -0.489. The van der Waals surface area contributed by atoms with Gasteiger partial charge in [-0.15, -0.1) is 11.3 Å². The fourth-order valence-electron chi connectivity index (χ4n) is 1.78. The lowest BCUT2D eigenvalue weighted by atomic mass is 10.2. The second kappa shape index (κ2) is 5.02. The molecule has 2 aromatic rings. The Bertz CT molecular complexity index is 729. The van der Waals surface area contributed by atoms with Gasteiger partial charge < -0.3 is 4.74 Å². The van der Waals surface area contributed by atoms with E-state index >= 15 is 0 Å². The molecule has 0 fully saturated rings. The molecule has 0 unspecified atom stereocenters. The third-order valence-corrected chi connectivity index (χ3v) is 3.85. The van der Waals surface area contributed by atoms with Gasteiger partial charge in [-0.25, -0.2) is 14.2 Å². The maximum absolute atomic E-state index is 12.9. The number of carbonyl (C=O) groups excluding carboxylic acids is 1. The van der Waals surface area contributed by atoms with Crippen LogP contribution in [-0.4, -0.2) is 11.9 Å². The van der Waals surface area contributed by atoms with Crippen LogP contribution in [0.5, 0.6) is 0 Å². The molecule has 0 atom stereocenters. The Hall–Kier alpha value is -2.27. The van der Waals surface area contributed by atoms with Crippen molar-refractivity contribution in [3.05, 3.63) is 63.2 Å². The summed E-state index contributed by atoms with van der Waals surface area (Å²) in [6, 6.07) is 7.64. The van der Waals surface area contributed by atoms with E-state index in [1.165, 1.54) is 35.6 Å². The molecule has 3 rings (SSSR count). The zero-order valence-corrected chi connectivity index (χ0v) is 11.4. The normalized spacial score (nSPS) is 16.4. The zero-order valence-electron chi connectivity index (χ0n) is 10.6. The smallest absolute Gasteiger partial charge is 0.363 e. The van der Waals surface area contributed by atoms with Crippen molar-refractivity contribution in [1.82, 2.24) is 0 Å². The summed E-state index contributed by atoms with van der Waals surface area (Å²) in [4.78, 5) is 16.9. The van der Waals surface area contributed by atoms with Crippen LogP contribution < -0.4 is 0 Å². The van der Waals surface area contributed by atoms with Crippen LogP contribution in [0, 0.1) is 12.7 Å². The number of rotatable bonds is 2. The highest BCUT2D eigenvalue weighted by Gasteiger charge is 2.24. The number of benzene rings is 1. The standard InChI is InChI=1S/C15H10FNO2S/c1-9-6-7-20-13(9)8-12-15(18)19-14(17-12)10-2-4-11(16)5-3-10/h2-8H,1H3/b12-8-. The zero-order chi connectivity index (χ0) is 14.1. The summed E-state index contributed by atoms with van der Waals surface area (Å²) in [7, 11) is 0. The Morgan fingerprint density at radius 3 is 2.65 bits per heavy atom. The van der Waals surface area contributed by atoms with Crippen LogP contribution in [0.1, 0.15) is 16.0 Å². The lowest BCUT2D eigenvalue weighted by Crippen LogP contribution is -2.05. The van der Waals surface area contributed by atoms with Crippen LogP contribution in [0.4, 0.5) is 4.39 Å². The van der Waals surface area contributed by atoms with Crippen molar-refractivity contribution in [2.45, 2.75) is 6.92 Å². The van der Waals surface area contributed by atoms with E-state index in [9.17, 15) is 9.18 Å². The predicted octanol–water partition coefficient (Wildman–Crippen LogP) is 3.54. The van der Waals surface area contributed by atoms with Crippen LogP contribution >= 0.6 is 11.3 Å². The second-order valence-corrected chi connectivity index (χ2v) is 5.26. The summed E-state index contributed by atoms with van der Waals surface area (Å²) in [5.74, 6) is -0.628. The van der Waals surface area contributed by atoms with Gasteiger partial charge in [0.15, 0.2) is 5.70 Å². The van der Waals surface area contributed by atoms with Gasteiger partial charge in [-0.2, -0.15) is 0 Å². The van der Waals surface area contributed by atoms with Crippen LogP contribution in [-0.2, 0) is 9.53 Å². The van der Waals surface area contributed by atoms with Crippen molar-refractivity contribution >= 4 is 29.3 Å². The summed E-state index contributed by atoms with van der Waals surface area (Å²) in [6.07, 6.45) is 1.71. The molecule has 0 saturated carbocycles. The molecule has 3 nitrogen and oxygen atoms in total. The highest BCUT2D eigenvalue weighted by molar-refractivity contribution is 7.11. The number of hydrogen-bond donors (Lipinski definition) is 0. The molecule has 1 aliphatic heterocycles. The molecule has 20 heavy (non-hydrogen) atoms. The average Bonchev–Trinajstić information content (AvgIpc) is 2.99. The largest absolute Gasteiger partial charge is 0.402 e. The number of carbonyl (C=O) groups is 1. The van der Waals surface area contributed by atoms with E-state index in [1.54, 1.807) is 6.08 Å². The molecule has 0 bridgehead atoms. The number of nitrogens with zero attached hydrogens (tertiary/aromatic N) is 1. The number of esters is 1. The van der Waals surface area contributed by atoms with Gasteiger partial charge in [-0.3, -0.25) is 0 Å². The van der Waals surface area contributed by atoms with E-state index in [4.69, 9.17) is 4.74 Å². The SMILES string of the molecule is Cc1ccsc1/C=C1\N=C(c2ccc(F)cc2)OC1=O. The molecule has 1 aromatic carbocycles. The van der Waals surface area contributed by atoms with Gasteiger partial charge in [-0.1, -0.05) is 0 Å². The van der Waals surface area contributed by atoms with E-state index in [0.717, 1.165) is 10.4 Å². The fraction of sp³-hybridized carbons (Fsp3) is 0.0667. The molecule has 0 amide bonds. The molecule has 0 spiro atoms. The van der Waals surface area contributed by atoms with Gasteiger partial charge in [-0.05, 0) is 54.3 Å². The van der Waals surface area contributed by atoms with E-state index in [-0.39, 0.29) is 17.4 Å². The summed E-state index contributed by atoms with van der Waals surface area (Å²) in [5, 5.41) is 1.95. The first-order valence-electron chi connectivity index (χ1n) is 5.96. The molecule has 1 aliphatic rings. The number of cyclic esters (lactones) is 1. The number of aliphatic imine (C=N–C) groups is 1. The molecule has 100 valence electrons. The van der Waals surface area contributed by atoms with Crippen molar-refractivity contribution in [2.75, 3.05) is 0 Å². The van der Waals surface area contributed by atoms with Gasteiger partial charge in [0, 0.05) is 10.4 Å². The molecule has 0 saturated heterocycles. The van der Waals surface area contributed by atoms with Crippen molar-refractivity contribution in [1.29, 1.82) is 0 Å². The molecule has 5 heteroatoms. The average molecular weight is 287 g/mol. The lowest BCUT2D eigenvalue weighted by Gasteiger charge is -1.98. The lowest BCUT2D eigenvalue weighted by molar-refractivity contribution is -0.129. The van der Waals surface area contributed by atoms with E-state index < -0.39 is 5.97 Å². The number of aryl methyl sites for hydroxylation is 1. The molecule has 0 radical (unpaired) electrons. The van der Waals surface area contributed by atoms with Gasteiger partial charge in [0.2, 0.25) is 5.90 Å². The highest BCUT2D eigenvalue weighted by atomic mass is 32.1. The Morgan fingerprint density at radius 1 is 1.25 bits per heavy atom. The molecular formula is C15H10FNO2S. The van der Waals surface area contributed by atoms with E-state index in [1.807, 2.05) is 18.4 Å². The molecule has 0 N–H and O–H groups in total. The minimum Gasteiger partial charge on any atom is -0.402 e. The van der Waals surface area contributed by atoms with Crippen LogP contribution in [0.15, 0.2) is 46.4 Å². The van der Waals surface area contributed by atoms with Crippen molar-refractivity contribution in [3.63, 3.8) is 0 Å². The fourth-order valence-corrected chi connectivity index (χ4v) is 2.63. The maximum Gasteiger partial charge on any atom is 0.363 e. The number of ether oxygens (including phenoxy) is 1. The third-order valence-electron chi connectivity index (χ3n) is 2.88. The number of hydrogen-bond acceptors (Lipinski definition) is 4. The summed E-state index contributed by atoms with van der Waals surface area (Å²) >= 11 is 1.53. The monoisotopic (exact) mass is 287 g/mol. The van der Waals surface area contributed by atoms with Crippen molar-refractivity contribution in [3.8, 4) is 0 Å². The first-order valence-corrected chi connectivity index (χ1v) is 6.84. The van der Waals surface area contributed by atoms with E-state index in [2.05, 4.69) is 4.99 Å². The summed E-state index contributed by atoms with van der Waals surface area (Å²) in [6.45, 7) is 1.97. The summed E-state index contributed by atoms with van der Waals surface area (Å²) in [5.41, 5.74) is 1.92. The third kappa shape index (κ3) is 2.40. The van der Waals surface area contributed by atoms with Gasteiger partial charge >= 0.3 is 5.97 Å². The quantitative estimate of drug-likeness (QED) is 0.626.